The van der Waals surface area contributed by atoms with Crippen LogP contribution < -0.4 is 10.2 Å². The molecule has 1 aliphatic carbocycles. The topological polar surface area (TPSA) is 28.2 Å². The fourth-order valence-electron chi connectivity index (χ4n) is 2.89. The van der Waals surface area contributed by atoms with Gasteiger partial charge in [-0.3, -0.25) is 4.98 Å². The normalized spacial score (nSPS) is 27.6. The standard InChI is InChI=1S/C16H25N3/c1-12-6-8-19(11-13(12)2)16-5-7-17-9-14(16)10-18-15-3-4-15/h5,7,9,12-13,15,18H,3-4,6,8,10-11H2,1-2H3. The van der Waals surface area contributed by atoms with Crippen molar-refractivity contribution >= 4 is 5.69 Å². The number of nitrogens with one attached hydrogen (secondary N) is 1. The van der Waals surface area contributed by atoms with E-state index in [9.17, 15) is 0 Å². The number of nitrogens with zero attached hydrogens (tertiary/aromatic N) is 2. The lowest BCUT2D eigenvalue weighted by Crippen LogP contribution is -2.39. The van der Waals surface area contributed by atoms with E-state index in [1.807, 2.05) is 12.4 Å². The first kappa shape index (κ1) is 12.9. The summed E-state index contributed by atoms with van der Waals surface area (Å²) >= 11 is 0. The van der Waals surface area contributed by atoms with E-state index in [-0.39, 0.29) is 0 Å². The molecule has 1 aromatic rings. The lowest BCUT2D eigenvalue weighted by atomic mass is 9.88. The highest BCUT2D eigenvalue weighted by atomic mass is 15.1. The van der Waals surface area contributed by atoms with Crippen molar-refractivity contribution in [2.75, 3.05) is 18.0 Å². The quantitative estimate of drug-likeness (QED) is 0.901. The van der Waals surface area contributed by atoms with Crippen LogP contribution in [0.2, 0.25) is 0 Å². The number of aromatic nitrogens is 1. The van der Waals surface area contributed by atoms with E-state index >= 15 is 0 Å². The molecule has 104 valence electrons. The van der Waals surface area contributed by atoms with E-state index in [0.29, 0.717) is 0 Å². The Morgan fingerprint density at radius 1 is 1.26 bits per heavy atom. The van der Waals surface area contributed by atoms with E-state index in [1.165, 1.54) is 43.6 Å². The Morgan fingerprint density at radius 3 is 2.84 bits per heavy atom. The van der Waals surface area contributed by atoms with Crippen LogP contribution in [0.15, 0.2) is 18.5 Å². The van der Waals surface area contributed by atoms with Gasteiger partial charge >= 0.3 is 0 Å². The third-order valence-electron chi connectivity index (χ3n) is 4.71. The van der Waals surface area contributed by atoms with Crippen molar-refractivity contribution in [2.24, 2.45) is 11.8 Å². The molecule has 0 spiro atoms. The zero-order valence-electron chi connectivity index (χ0n) is 12.1. The SMILES string of the molecule is CC1CCN(c2ccncc2CNC2CC2)CC1C. The van der Waals surface area contributed by atoms with Crippen molar-refractivity contribution in [2.45, 2.75) is 45.7 Å². The largest absolute Gasteiger partial charge is 0.371 e. The van der Waals surface area contributed by atoms with Gasteiger partial charge in [0.05, 0.1) is 0 Å². The molecule has 1 N–H and O–H groups in total. The van der Waals surface area contributed by atoms with Gasteiger partial charge in [-0.2, -0.15) is 0 Å². The molecule has 1 aromatic heterocycles. The monoisotopic (exact) mass is 259 g/mol. The number of anilines is 1. The smallest absolute Gasteiger partial charge is 0.0442 e. The second-order valence-corrected chi connectivity index (χ2v) is 6.35. The Labute approximate surface area is 116 Å². The van der Waals surface area contributed by atoms with Crippen LogP contribution in [0.5, 0.6) is 0 Å². The van der Waals surface area contributed by atoms with Gasteiger partial charge in [0, 0.05) is 49.3 Å². The molecule has 2 unspecified atom stereocenters. The molecule has 1 saturated carbocycles. The minimum absolute atomic E-state index is 0.758. The van der Waals surface area contributed by atoms with Crippen molar-refractivity contribution in [3.05, 3.63) is 24.0 Å². The van der Waals surface area contributed by atoms with Gasteiger partial charge in [0.2, 0.25) is 0 Å². The highest BCUT2D eigenvalue weighted by molar-refractivity contribution is 5.52. The average molecular weight is 259 g/mol. The molecule has 0 bridgehead atoms. The van der Waals surface area contributed by atoms with E-state index in [4.69, 9.17) is 0 Å². The molecule has 3 heteroatoms. The van der Waals surface area contributed by atoms with Gasteiger partial charge in [-0.15, -0.1) is 0 Å². The van der Waals surface area contributed by atoms with E-state index in [1.54, 1.807) is 0 Å². The fourth-order valence-corrected chi connectivity index (χ4v) is 2.89. The molecule has 2 fully saturated rings. The number of piperidine rings is 1. The summed E-state index contributed by atoms with van der Waals surface area (Å²) in [4.78, 5) is 6.86. The second kappa shape index (κ2) is 5.49. The first-order valence-electron chi connectivity index (χ1n) is 7.65. The molecule has 1 saturated heterocycles. The van der Waals surface area contributed by atoms with Gasteiger partial charge in [0.15, 0.2) is 0 Å². The van der Waals surface area contributed by atoms with Crippen molar-refractivity contribution < 1.29 is 0 Å². The highest BCUT2D eigenvalue weighted by Crippen LogP contribution is 2.29. The first-order valence-corrected chi connectivity index (χ1v) is 7.65. The molecule has 2 aliphatic rings. The molecule has 0 radical (unpaired) electrons. The molecular formula is C16H25N3. The van der Waals surface area contributed by atoms with Crippen molar-refractivity contribution in [3.8, 4) is 0 Å². The first-order chi connectivity index (χ1) is 9.24. The summed E-state index contributed by atoms with van der Waals surface area (Å²) in [6.45, 7) is 8.09. The molecule has 2 atom stereocenters. The lowest BCUT2D eigenvalue weighted by molar-refractivity contribution is 0.323. The average Bonchev–Trinajstić information content (AvgIpc) is 3.24. The van der Waals surface area contributed by atoms with Gasteiger partial charge in [-0.25, -0.2) is 0 Å². The van der Waals surface area contributed by atoms with Gasteiger partial charge < -0.3 is 10.2 Å². The summed E-state index contributed by atoms with van der Waals surface area (Å²) in [5.74, 6) is 1.64. The van der Waals surface area contributed by atoms with Gasteiger partial charge in [-0.05, 0) is 37.2 Å². The number of hydrogen-bond acceptors (Lipinski definition) is 3. The summed E-state index contributed by atoms with van der Waals surface area (Å²) in [6, 6.07) is 2.94. The summed E-state index contributed by atoms with van der Waals surface area (Å²) in [5.41, 5.74) is 2.75. The highest BCUT2D eigenvalue weighted by Gasteiger charge is 2.25. The Hall–Kier alpha value is -1.09. The molecular weight excluding hydrogens is 234 g/mol. The van der Waals surface area contributed by atoms with Crippen LogP contribution in [0.25, 0.3) is 0 Å². The molecule has 0 amide bonds. The van der Waals surface area contributed by atoms with Crippen LogP contribution in [-0.4, -0.2) is 24.1 Å². The maximum absolute atomic E-state index is 4.31. The van der Waals surface area contributed by atoms with E-state index in [2.05, 4.69) is 35.1 Å². The molecule has 19 heavy (non-hydrogen) atoms. The third-order valence-corrected chi connectivity index (χ3v) is 4.71. The summed E-state index contributed by atoms with van der Waals surface area (Å²) in [6.07, 6.45) is 7.95. The van der Waals surface area contributed by atoms with Crippen LogP contribution in [0.1, 0.15) is 38.7 Å². The van der Waals surface area contributed by atoms with Gasteiger partial charge in [0.25, 0.3) is 0 Å². The predicted octanol–water partition coefficient (Wildman–Crippen LogP) is 2.82. The van der Waals surface area contributed by atoms with Crippen molar-refractivity contribution in [1.82, 2.24) is 10.3 Å². The van der Waals surface area contributed by atoms with E-state index in [0.717, 1.165) is 24.4 Å². The minimum atomic E-state index is 0.758. The molecule has 3 nitrogen and oxygen atoms in total. The zero-order chi connectivity index (χ0) is 13.2. The third kappa shape index (κ3) is 3.08. The summed E-state index contributed by atoms with van der Waals surface area (Å²) in [7, 11) is 0. The Bertz CT molecular complexity index is 428. The summed E-state index contributed by atoms with van der Waals surface area (Å²) in [5, 5.41) is 3.61. The number of pyridine rings is 1. The number of hydrogen-bond donors (Lipinski definition) is 1. The Balaban J connectivity index is 1.71. The van der Waals surface area contributed by atoms with Gasteiger partial charge in [0.1, 0.15) is 0 Å². The maximum Gasteiger partial charge on any atom is 0.0442 e. The van der Waals surface area contributed by atoms with Gasteiger partial charge in [-0.1, -0.05) is 13.8 Å². The zero-order valence-corrected chi connectivity index (χ0v) is 12.1. The molecule has 2 heterocycles. The van der Waals surface area contributed by atoms with Crippen LogP contribution in [-0.2, 0) is 6.54 Å². The fraction of sp³-hybridized carbons (Fsp3) is 0.688. The van der Waals surface area contributed by atoms with Crippen LogP contribution in [0.3, 0.4) is 0 Å². The molecule has 0 aromatic carbocycles. The summed E-state index contributed by atoms with van der Waals surface area (Å²) < 4.78 is 0. The second-order valence-electron chi connectivity index (χ2n) is 6.35. The minimum Gasteiger partial charge on any atom is -0.371 e. The Kier molecular flexibility index (Phi) is 3.74. The van der Waals surface area contributed by atoms with Crippen LogP contribution in [0.4, 0.5) is 5.69 Å². The van der Waals surface area contributed by atoms with E-state index < -0.39 is 0 Å². The Morgan fingerprint density at radius 2 is 2.11 bits per heavy atom. The van der Waals surface area contributed by atoms with Crippen LogP contribution >= 0.6 is 0 Å². The maximum atomic E-state index is 4.31. The molecule has 1 aliphatic heterocycles. The van der Waals surface area contributed by atoms with Crippen LogP contribution in [0, 0.1) is 11.8 Å². The van der Waals surface area contributed by atoms with Crippen molar-refractivity contribution in [1.29, 1.82) is 0 Å². The lowest BCUT2D eigenvalue weighted by Gasteiger charge is -2.37. The number of rotatable bonds is 4. The van der Waals surface area contributed by atoms with Crippen molar-refractivity contribution in [3.63, 3.8) is 0 Å². The predicted molar refractivity (Wildman–Crippen MR) is 79.3 cm³/mol. The molecule has 3 rings (SSSR count).